The molecule has 5 nitrogen and oxygen atoms in total. The van der Waals surface area contributed by atoms with Gasteiger partial charge in [-0.05, 0) is 47.5 Å². The number of halogens is 2. The number of rotatable bonds is 4. The van der Waals surface area contributed by atoms with Gasteiger partial charge >= 0.3 is 0 Å². The van der Waals surface area contributed by atoms with E-state index in [1.807, 2.05) is 24.3 Å². The Hall–Kier alpha value is -3.25. The predicted molar refractivity (Wildman–Crippen MR) is 109 cm³/mol. The van der Waals surface area contributed by atoms with Crippen LogP contribution in [0.25, 0.3) is 33.4 Å². The molecule has 4 rings (SSSR count). The molecular formula is C21H16ClFN4O. The predicted octanol–water partition coefficient (Wildman–Crippen LogP) is 5.20. The van der Waals surface area contributed by atoms with Crippen molar-refractivity contribution in [3.8, 4) is 28.3 Å². The molecule has 1 N–H and O–H groups in total. The van der Waals surface area contributed by atoms with Crippen LogP contribution in [0.1, 0.15) is 0 Å². The number of pyridine rings is 1. The first-order valence-electron chi connectivity index (χ1n) is 8.54. The maximum absolute atomic E-state index is 13.5. The minimum atomic E-state index is -0.460. The molecule has 0 unspecified atom stereocenters. The fraction of sp³-hybridized carbons (Fsp3) is 0.0952. The molecular weight excluding hydrogens is 379 g/mol. The van der Waals surface area contributed by atoms with Gasteiger partial charge in [-0.25, -0.2) is 14.4 Å². The van der Waals surface area contributed by atoms with Crippen molar-refractivity contribution in [2.75, 3.05) is 19.5 Å². The number of aromatic nitrogens is 3. The molecule has 0 aliphatic rings. The minimum Gasteiger partial charge on any atom is -0.494 e. The van der Waals surface area contributed by atoms with Gasteiger partial charge in [-0.1, -0.05) is 17.7 Å². The first-order valence-corrected chi connectivity index (χ1v) is 8.92. The summed E-state index contributed by atoms with van der Waals surface area (Å²) in [5.74, 6) is 1.31. The number of hydrogen-bond donors (Lipinski definition) is 1. The fourth-order valence-corrected chi connectivity index (χ4v) is 3.19. The van der Waals surface area contributed by atoms with Crippen molar-refractivity contribution in [3.05, 3.63) is 65.7 Å². The molecule has 4 aromatic rings. The molecule has 0 aliphatic heterocycles. The summed E-state index contributed by atoms with van der Waals surface area (Å²) < 4.78 is 19.1. The monoisotopic (exact) mass is 394 g/mol. The second-order valence-electron chi connectivity index (χ2n) is 6.09. The van der Waals surface area contributed by atoms with Crippen LogP contribution in [0.4, 0.5) is 10.2 Å². The molecule has 0 spiro atoms. The highest BCUT2D eigenvalue weighted by molar-refractivity contribution is 6.31. The van der Waals surface area contributed by atoms with Crippen molar-refractivity contribution >= 4 is 28.3 Å². The molecule has 7 heteroatoms. The van der Waals surface area contributed by atoms with E-state index in [2.05, 4.69) is 20.3 Å². The molecule has 0 atom stereocenters. The van der Waals surface area contributed by atoms with Gasteiger partial charge in [0.15, 0.2) is 5.82 Å². The second-order valence-corrected chi connectivity index (χ2v) is 6.50. The average molecular weight is 395 g/mol. The second kappa shape index (κ2) is 7.40. The van der Waals surface area contributed by atoms with Crippen molar-refractivity contribution in [1.29, 1.82) is 0 Å². The van der Waals surface area contributed by atoms with Gasteiger partial charge in [0.1, 0.15) is 22.9 Å². The van der Waals surface area contributed by atoms with Crippen molar-refractivity contribution in [2.45, 2.75) is 0 Å². The normalized spacial score (nSPS) is 10.9. The Morgan fingerprint density at radius 2 is 1.89 bits per heavy atom. The molecule has 0 amide bonds. The van der Waals surface area contributed by atoms with Crippen LogP contribution in [0.5, 0.6) is 5.75 Å². The van der Waals surface area contributed by atoms with E-state index < -0.39 is 5.82 Å². The maximum atomic E-state index is 13.5. The number of ether oxygens (including phenoxy) is 1. The summed E-state index contributed by atoms with van der Waals surface area (Å²) in [6.45, 7) is 0. The molecule has 2 aromatic carbocycles. The van der Waals surface area contributed by atoms with E-state index in [1.54, 1.807) is 38.7 Å². The Kier molecular flexibility index (Phi) is 4.79. The smallest absolute Gasteiger partial charge is 0.163 e. The van der Waals surface area contributed by atoms with Crippen LogP contribution in [0.15, 0.2) is 54.9 Å². The van der Waals surface area contributed by atoms with Crippen LogP contribution in [0.2, 0.25) is 5.02 Å². The van der Waals surface area contributed by atoms with Crippen LogP contribution < -0.4 is 10.1 Å². The lowest BCUT2D eigenvalue weighted by Crippen LogP contribution is -2.01. The van der Waals surface area contributed by atoms with Gasteiger partial charge in [0.25, 0.3) is 0 Å². The SMILES string of the molecule is CNc1nc(-c2cccnc2)nc2c(OC)cc(-c3ccc(F)c(Cl)c3)cc12. The van der Waals surface area contributed by atoms with Crippen LogP contribution in [-0.4, -0.2) is 29.1 Å². The Morgan fingerprint density at radius 3 is 2.57 bits per heavy atom. The van der Waals surface area contributed by atoms with Gasteiger partial charge in [0.2, 0.25) is 0 Å². The van der Waals surface area contributed by atoms with E-state index in [0.717, 1.165) is 22.1 Å². The van der Waals surface area contributed by atoms with Crippen molar-refractivity contribution in [2.24, 2.45) is 0 Å². The van der Waals surface area contributed by atoms with Crippen molar-refractivity contribution in [3.63, 3.8) is 0 Å². The highest BCUT2D eigenvalue weighted by Crippen LogP contribution is 2.36. The Morgan fingerprint density at radius 1 is 1.04 bits per heavy atom. The standard InChI is InChI=1S/C21H16ClFN4O/c1-24-21-15-8-14(12-5-6-17(23)16(22)9-12)10-18(28-2)19(15)26-20(27-21)13-4-3-7-25-11-13/h3-11H,1-2H3,(H,24,26,27). The summed E-state index contributed by atoms with van der Waals surface area (Å²) in [6, 6.07) is 12.1. The number of nitrogens with one attached hydrogen (secondary N) is 1. The van der Waals surface area contributed by atoms with Crippen LogP contribution in [-0.2, 0) is 0 Å². The quantitative estimate of drug-likeness (QED) is 0.515. The van der Waals surface area contributed by atoms with Gasteiger partial charge in [0, 0.05) is 30.4 Å². The summed E-state index contributed by atoms with van der Waals surface area (Å²) in [5, 5.41) is 3.96. The lowest BCUT2D eigenvalue weighted by atomic mass is 10.0. The molecule has 140 valence electrons. The molecule has 0 radical (unpaired) electrons. The number of benzene rings is 2. The van der Waals surface area contributed by atoms with Gasteiger partial charge in [0.05, 0.1) is 12.1 Å². The number of methoxy groups -OCH3 is 1. The molecule has 2 heterocycles. The first-order chi connectivity index (χ1) is 13.6. The Labute approximate surface area is 166 Å². The number of nitrogens with zero attached hydrogens (tertiary/aromatic N) is 3. The summed E-state index contributed by atoms with van der Waals surface area (Å²) in [7, 11) is 3.38. The number of fused-ring (bicyclic) bond motifs is 1. The molecule has 2 aromatic heterocycles. The van der Waals surface area contributed by atoms with E-state index in [0.29, 0.717) is 22.9 Å². The topological polar surface area (TPSA) is 59.9 Å². The summed E-state index contributed by atoms with van der Waals surface area (Å²) in [5.41, 5.74) is 3.06. The number of anilines is 1. The third-order valence-corrected chi connectivity index (χ3v) is 4.68. The largest absolute Gasteiger partial charge is 0.494 e. The van der Waals surface area contributed by atoms with E-state index >= 15 is 0 Å². The third kappa shape index (κ3) is 3.23. The zero-order chi connectivity index (χ0) is 19.7. The van der Waals surface area contributed by atoms with Crippen molar-refractivity contribution < 1.29 is 9.13 Å². The summed E-state index contributed by atoms with van der Waals surface area (Å²) in [6.07, 6.45) is 3.41. The molecule has 0 bridgehead atoms. The van der Waals surface area contributed by atoms with Crippen molar-refractivity contribution in [1.82, 2.24) is 15.0 Å². The zero-order valence-corrected chi connectivity index (χ0v) is 16.0. The van der Waals surface area contributed by atoms with Crippen LogP contribution in [0, 0.1) is 5.82 Å². The lowest BCUT2D eigenvalue weighted by Gasteiger charge is -2.13. The highest BCUT2D eigenvalue weighted by Gasteiger charge is 2.15. The third-order valence-electron chi connectivity index (χ3n) is 4.39. The first kappa shape index (κ1) is 18.1. The van der Waals surface area contributed by atoms with Crippen LogP contribution in [0.3, 0.4) is 0 Å². The summed E-state index contributed by atoms with van der Waals surface area (Å²) in [4.78, 5) is 13.5. The minimum absolute atomic E-state index is 0.0635. The molecule has 0 saturated carbocycles. The van der Waals surface area contributed by atoms with E-state index in [4.69, 9.17) is 16.3 Å². The van der Waals surface area contributed by atoms with Gasteiger partial charge < -0.3 is 10.1 Å². The van der Waals surface area contributed by atoms with E-state index in [1.165, 1.54) is 6.07 Å². The zero-order valence-electron chi connectivity index (χ0n) is 15.2. The van der Waals surface area contributed by atoms with Gasteiger partial charge in [-0.2, -0.15) is 0 Å². The van der Waals surface area contributed by atoms with E-state index in [-0.39, 0.29) is 5.02 Å². The fourth-order valence-electron chi connectivity index (χ4n) is 3.01. The van der Waals surface area contributed by atoms with Gasteiger partial charge in [-0.15, -0.1) is 0 Å². The maximum Gasteiger partial charge on any atom is 0.163 e. The van der Waals surface area contributed by atoms with Gasteiger partial charge in [-0.3, -0.25) is 4.98 Å². The lowest BCUT2D eigenvalue weighted by molar-refractivity contribution is 0.419. The molecule has 0 saturated heterocycles. The number of hydrogen-bond acceptors (Lipinski definition) is 5. The Bertz CT molecular complexity index is 1170. The average Bonchev–Trinajstić information content (AvgIpc) is 2.74. The summed E-state index contributed by atoms with van der Waals surface area (Å²) >= 11 is 5.95. The van der Waals surface area contributed by atoms with E-state index in [9.17, 15) is 4.39 Å². The molecule has 0 aliphatic carbocycles. The van der Waals surface area contributed by atoms with Crippen LogP contribution >= 0.6 is 11.6 Å². The molecule has 0 fully saturated rings. The highest BCUT2D eigenvalue weighted by atomic mass is 35.5. The Balaban J connectivity index is 1.96. The molecule has 28 heavy (non-hydrogen) atoms.